The van der Waals surface area contributed by atoms with Crippen molar-refractivity contribution in [3.05, 3.63) is 29.6 Å². The first kappa shape index (κ1) is 9.46. The van der Waals surface area contributed by atoms with Gasteiger partial charge in [0.2, 0.25) is 0 Å². The molecule has 2 rings (SSSR count). The highest BCUT2D eigenvalue weighted by molar-refractivity contribution is 5.13. The van der Waals surface area contributed by atoms with E-state index in [2.05, 4.69) is 34.6 Å². The van der Waals surface area contributed by atoms with Crippen molar-refractivity contribution in [2.24, 2.45) is 0 Å². The van der Waals surface area contributed by atoms with Crippen LogP contribution in [-0.2, 0) is 6.54 Å². The average Bonchev–Trinajstić information content (AvgIpc) is 2.63. The Morgan fingerprint density at radius 2 is 2.50 bits per heavy atom. The molecular weight excluding hydrogens is 174 g/mol. The molecule has 0 aliphatic heterocycles. The first-order chi connectivity index (χ1) is 6.86. The van der Waals surface area contributed by atoms with Gasteiger partial charge in [0.25, 0.3) is 0 Å². The molecular formula is C11H17N3. The van der Waals surface area contributed by atoms with Gasteiger partial charge in [-0.1, -0.05) is 12.2 Å². The molecule has 3 nitrogen and oxygen atoms in total. The van der Waals surface area contributed by atoms with Gasteiger partial charge in [-0.25, -0.2) is 0 Å². The van der Waals surface area contributed by atoms with Crippen LogP contribution in [0, 0.1) is 6.92 Å². The van der Waals surface area contributed by atoms with Crippen LogP contribution in [-0.4, -0.2) is 16.2 Å². The molecule has 1 aliphatic rings. The van der Waals surface area contributed by atoms with Crippen LogP contribution in [0.3, 0.4) is 0 Å². The zero-order valence-electron chi connectivity index (χ0n) is 8.59. The van der Waals surface area contributed by atoms with E-state index in [4.69, 9.17) is 0 Å². The quantitative estimate of drug-likeness (QED) is 0.717. The topological polar surface area (TPSA) is 40.7 Å². The molecule has 0 aromatic carbocycles. The second-order valence-corrected chi connectivity index (χ2v) is 3.89. The molecule has 3 heteroatoms. The average molecular weight is 191 g/mol. The minimum atomic E-state index is 0.641. The summed E-state index contributed by atoms with van der Waals surface area (Å²) >= 11 is 0. The summed E-state index contributed by atoms with van der Waals surface area (Å²) < 4.78 is 0. The first-order valence-corrected chi connectivity index (χ1v) is 5.23. The van der Waals surface area contributed by atoms with Gasteiger partial charge in [0.1, 0.15) is 0 Å². The Morgan fingerprint density at radius 1 is 1.57 bits per heavy atom. The minimum absolute atomic E-state index is 0.641. The normalized spacial score (nSPS) is 21.4. The Balaban J connectivity index is 1.82. The van der Waals surface area contributed by atoms with Crippen molar-refractivity contribution >= 4 is 0 Å². The van der Waals surface area contributed by atoms with Crippen molar-refractivity contribution in [2.45, 2.75) is 38.8 Å². The van der Waals surface area contributed by atoms with Crippen LogP contribution >= 0.6 is 0 Å². The highest BCUT2D eigenvalue weighted by Crippen LogP contribution is 2.11. The van der Waals surface area contributed by atoms with Crippen molar-refractivity contribution in [1.29, 1.82) is 0 Å². The predicted molar refractivity (Wildman–Crippen MR) is 56.9 cm³/mol. The van der Waals surface area contributed by atoms with Crippen LogP contribution in [0.5, 0.6) is 0 Å². The lowest BCUT2D eigenvalue weighted by molar-refractivity contribution is 0.470. The number of nitrogens with zero attached hydrogens (tertiary/aromatic N) is 1. The summed E-state index contributed by atoms with van der Waals surface area (Å²) in [6, 6.07) is 0.641. The molecule has 76 valence electrons. The second kappa shape index (κ2) is 4.42. The second-order valence-electron chi connectivity index (χ2n) is 3.89. The summed E-state index contributed by atoms with van der Waals surface area (Å²) in [6.45, 7) is 2.99. The zero-order chi connectivity index (χ0) is 9.80. The summed E-state index contributed by atoms with van der Waals surface area (Å²) in [7, 11) is 0. The molecule has 1 heterocycles. The Bertz CT molecular complexity index is 314. The lowest BCUT2D eigenvalue weighted by Crippen LogP contribution is -2.29. The van der Waals surface area contributed by atoms with E-state index in [9.17, 15) is 0 Å². The predicted octanol–water partition coefficient (Wildman–Crippen LogP) is 1.92. The molecule has 1 aromatic heterocycles. The lowest BCUT2D eigenvalue weighted by Gasteiger charge is -2.18. The molecule has 0 radical (unpaired) electrons. The third-order valence-electron chi connectivity index (χ3n) is 2.77. The highest BCUT2D eigenvalue weighted by atomic mass is 15.1. The van der Waals surface area contributed by atoms with Gasteiger partial charge in [0.15, 0.2) is 0 Å². The van der Waals surface area contributed by atoms with E-state index in [1.165, 1.54) is 24.1 Å². The van der Waals surface area contributed by atoms with Crippen LogP contribution in [0.2, 0.25) is 0 Å². The summed E-state index contributed by atoms with van der Waals surface area (Å²) in [5.74, 6) is 0. The van der Waals surface area contributed by atoms with Gasteiger partial charge in [-0.3, -0.25) is 5.10 Å². The molecule has 2 N–H and O–H groups in total. The van der Waals surface area contributed by atoms with Gasteiger partial charge < -0.3 is 5.32 Å². The number of hydrogen-bond acceptors (Lipinski definition) is 2. The largest absolute Gasteiger partial charge is 0.308 e. The van der Waals surface area contributed by atoms with Crippen molar-refractivity contribution in [1.82, 2.24) is 15.5 Å². The lowest BCUT2D eigenvalue weighted by atomic mass is 10.0. The van der Waals surface area contributed by atoms with E-state index >= 15 is 0 Å². The van der Waals surface area contributed by atoms with Gasteiger partial charge in [-0.15, -0.1) is 0 Å². The monoisotopic (exact) mass is 191 g/mol. The maximum atomic E-state index is 4.01. The smallest absolute Gasteiger partial charge is 0.0519 e. The molecule has 0 saturated carbocycles. The molecule has 0 fully saturated rings. The van der Waals surface area contributed by atoms with Crippen molar-refractivity contribution in [2.75, 3.05) is 0 Å². The Kier molecular flexibility index (Phi) is 2.99. The standard InChI is InChI=1S/C11H17N3/c1-9-7-13-14-11(9)8-12-10-5-3-2-4-6-10/h2-3,7,10,12H,4-6,8H2,1H3,(H,13,14). The van der Waals surface area contributed by atoms with E-state index < -0.39 is 0 Å². The maximum absolute atomic E-state index is 4.01. The van der Waals surface area contributed by atoms with Gasteiger partial charge >= 0.3 is 0 Å². The number of aromatic nitrogens is 2. The molecule has 0 bridgehead atoms. The number of nitrogens with one attached hydrogen (secondary N) is 2. The molecule has 1 aromatic rings. The molecule has 1 unspecified atom stereocenters. The Morgan fingerprint density at radius 3 is 3.14 bits per heavy atom. The maximum Gasteiger partial charge on any atom is 0.0519 e. The van der Waals surface area contributed by atoms with Crippen LogP contribution in [0.4, 0.5) is 0 Å². The molecule has 0 spiro atoms. The molecule has 1 atom stereocenters. The highest BCUT2D eigenvalue weighted by Gasteiger charge is 2.09. The number of hydrogen-bond donors (Lipinski definition) is 2. The minimum Gasteiger partial charge on any atom is -0.308 e. The van der Waals surface area contributed by atoms with E-state index in [-0.39, 0.29) is 0 Å². The van der Waals surface area contributed by atoms with Crippen molar-refractivity contribution in [3.8, 4) is 0 Å². The third kappa shape index (κ3) is 2.23. The summed E-state index contributed by atoms with van der Waals surface area (Å²) in [4.78, 5) is 0. The van der Waals surface area contributed by atoms with E-state index in [1.54, 1.807) is 0 Å². The summed E-state index contributed by atoms with van der Waals surface area (Å²) in [5.41, 5.74) is 2.45. The molecule has 0 amide bonds. The van der Waals surface area contributed by atoms with E-state index in [0.717, 1.165) is 13.0 Å². The number of allylic oxidation sites excluding steroid dienone is 1. The van der Waals surface area contributed by atoms with Crippen LogP contribution in [0.25, 0.3) is 0 Å². The van der Waals surface area contributed by atoms with Gasteiger partial charge in [0, 0.05) is 12.6 Å². The van der Waals surface area contributed by atoms with Crippen molar-refractivity contribution in [3.63, 3.8) is 0 Å². The SMILES string of the molecule is Cc1cn[nH]c1CNC1CC=CCC1. The van der Waals surface area contributed by atoms with Gasteiger partial charge in [-0.05, 0) is 31.7 Å². The van der Waals surface area contributed by atoms with Gasteiger partial charge in [0.05, 0.1) is 11.9 Å². The number of aromatic amines is 1. The first-order valence-electron chi connectivity index (χ1n) is 5.23. The third-order valence-corrected chi connectivity index (χ3v) is 2.77. The van der Waals surface area contributed by atoms with Crippen LogP contribution < -0.4 is 5.32 Å². The fourth-order valence-electron chi connectivity index (χ4n) is 1.78. The van der Waals surface area contributed by atoms with Crippen molar-refractivity contribution < 1.29 is 0 Å². The van der Waals surface area contributed by atoms with Gasteiger partial charge in [-0.2, -0.15) is 5.10 Å². The van der Waals surface area contributed by atoms with Crippen LogP contribution in [0.15, 0.2) is 18.3 Å². The molecule has 0 saturated heterocycles. The van der Waals surface area contributed by atoms with Crippen LogP contribution in [0.1, 0.15) is 30.5 Å². The number of aryl methyl sites for hydroxylation is 1. The fourth-order valence-corrected chi connectivity index (χ4v) is 1.78. The molecule has 14 heavy (non-hydrogen) atoms. The Hall–Kier alpha value is -1.09. The van der Waals surface area contributed by atoms with E-state index in [0.29, 0.717) is 6.04 Å². The zero-order valence-corrected chi connectivity index (χ0v) is 8.59. The Labute approximate surface area is 84.6 Å². The summed E-state index contributed by atoms with van der Waals surface area (Å²) in [6.07, 6.45) is 10.0. The molecule has 1 aliphatic carbocycles. The summed E-state index contributed by atoms with van der Waals surface area (Å²) in [5, 5.41) is 10.6. The fraction of sp³-hybridized carbons (Fsp3) is 0.545. The number of rotatable bonds is 3. The van der Waals surface area contributed by atoms with E-state index in [1.807, 2.05) is 6.20 Å². The number of H-pyrrole nitrogens is 1.